The maximum absolute atomic E-state index is 12.6. The average Bonchev–Trinajstić information content (AvgIpc) is 2.71. The van der Waals surface area contributed by atoms with E-state index in [1.807, 2.05) is 49.1 Å². The monoisotopic (exact) mass is 501 g/mol. The normalized spacial score (nSPS) is 14.9. The number of amides is 1. The van der Waals surface area contributed by atoms with Crippen LogP contribution in [0, 0.1) is 0 Å². The minimum absolute atomic E-state index is 0. The van der Waals surface area contributed by atoms with E-state index in [9.17, 15) is 4.79 Å². The van der Waals surface area contributed by atoms with E-state index in [1.165, 1.54) is 32.4 Å². The lowest BCUT2D eigenvalue weighted by Crippen LogP contribution is -2.43. The van der Waals surface area contributed by atoms with Gasteiger partial charge in [0.15, 0.2) is 5.96 Å². The number of carbonyl (C=O) groups is 1. The van der Waals surface area contributed by atoms with Crippen LogP contribution < -0.4 is 10.6 Å². The second kappa shape index (κ2) is 14.6. The number of carbonyl (C=O) groups excluding carboxylic acids is 1. The van der Waals surface area contributed by atoms with Crippen LogP contribution in [0.1, 0.15) is 38.7 Å². The van der Waals surface area contributed by atoms with Gasteiger partial charge in [0.1, 0.15) is 6.54 Å². The maximum atomic E-state index is 12.6. The molecule has 1 aliphatic rings. The van der Waals surface area contributed by atoms with Crippen molar-refractivity contribution in [2.24, 2.45) is 4.99 Å². The Bertz CT molecular complexity index is 575. The molecule has 0 unspecified atom stereocenters. The van der Waals surface area contributed by atoms with Crippen molar-refractivity contribution in [2.45, 2.75) is 39.7 Å². The largest absolute Gasteiger partial charge is 0.357 e. The molecule has 1 saturated heterocycles. The molecule has 0 saturated carbocycles. The van der Waals surface area contributed by atoms with Crippen LogP contribution in [0.5, 0.6) is 0 Å². The first-order valence-electron chi connectivity index (χ1n) is 10.3. The summed E-state index contributed by atoms with van der Waals surface area (Å²) in [7, 11) is 0. The number of likely N-dealkylation sites (N-methyl/N-ethyl adjacent to an activating group) is 1. The molecule has 0 aromatic heterocycles. The minimum Gasteiger partial charge on any atom is -0.357 e. The number of hydrogen-bond acceptors (Lipinski definition) is 3. The van der Waals surface area contributed by atoms with Gasteiger partial charge in [-0.25, -0.2) is 4.99 Å². The highest BCUT2D eigenvalue weighted by molar-refractivity contribution is 14.0. The highest BCUT2D eigenvalue weighted by Gasteiger charge is 2.12. The fourth-order valence-corrected chi connectivity index (χ4v) is 3.28. The summed E-state index contributed by atoms with van der Waals surface area (Å²) in [5.41, 5.74) is 1.14. The fraction of sp³-hybridized carbons (Fsp3) is 0.619. The van der Waals surface area contributed by atoms with Crippen LogP contribution >= 0.6 is 24.0 Å². The van der Waals surface area contributed by atoms with E-state index in [1.54, 1.807) is 0 Å². The molecule has 0 radical (unpaired) electrons. The first-order chi connectivity index (χ1) is 13.2. The molecule has 6 nitrogen and oxygen atoms in total. The van der Waals surface area contributed by atoms with E-state index >= 15 is 0 Å². The topological polar surface area (TPSA) is 60.0 Å². The van der Waals surface area contributed by atoms with Gasteiger partial charge < -0.3 is 20.4 Å². The average molecular weight is 501 g/mol. The molecule has 1 fully saturated rings. The van der Waals surface area contributed by atoms with Crippen LogP contribution in [0.4, 0.5) is 0 Å². The predicted octanol–water partition coefficient (Wildman–Crippen LogP) is 2.69. The Morgan fingerprint density at radius 1 is 1.11 bits per heavy atom. The third-order valence-electron chi connectivity index (χ3n) is 4.84. The predicted molar refractivity (Wildman–Crippen MR) is 127 cm³/mol. The number of aliphatic imine (C=N–C) groups is 1. The molecule has 2 N–H and O–H groups in total. The number of nitrogens with one attached hydrogen (secondary N) is 2. The van der Waals surface area contributed by atoms with E-state index in [4.69, 9.17) is 0 Å². The van der Waals surface area contributed by atoms with Gasteiger partial charge in [0.2, 0.25) is 5.91 Å². The first kappa shape index (κ1) is 24.7. The Hall–Kier alpha value is -1.35. The molecule has 0 atom stereocenters. The quantitative estimate of drug-likeness (QED) is 0.311. The Balaban J connectivity index is 0.00000392. The molecule has 2 rings (SSSR count). The number of hydrogen-bond donors (Lipinski definition) is 2. The number of halogens is 1. The van der Waals surface area contributed by atoms with Crippen LogP contribution in [0.2, 0.25) is 0 Å². The highest BCUT2D eigenvalue weighted by atomic mass is 127. The summed E-state index contributed by atoms with van der Waals surface area (Å²) in [4.78, 5) is 21.4. The number of benzene rings is 1. The summed E-state index contributed by atoms with van der Waals surface area (Å²) in [5, 5.41) is 6.59. The van der Waals surface area contributed by atoms with Crippen molar-refractivity contribution in [1.29, 1.82) is 0 Å². The summed E-state index contributed by atoms with van der Waals surface area (Å²) < 4.78 is 0. The number of likely N-dealkylation sites (tertiary alicyclic amines) is 1. The van der Waals surface area contributed by atoms with Crippen LogP contribution in [-0.2, 0) is 11.3 Å². The van der Waals surface area contributed by atoms with Gasteiger partial charge in [-0.3, -0.25) is 4.79 Å². The number of piperidine rings is 1. The van der Waals surface area contributed by atoms with Gasteiger partial charge in [0.25, 0.3) is 0 Å². The van der Waals surface area contributed by atoms with Gasteiger partial charge in [-0.1, -0.05) is 36.8 Å². The Morgan fingerprint density at radius 3 is 2.46 bits per heavy atom. The lowest BCUT2D eigenvalue weighted by atomic mass is 10.1. The third kappa shape index (κ3) is 9.23. The van der Waals surface area contributed by atoms with Gasteiger partial charge in [0.05, 0.1) is 0 Å². The van der Waals surface area contributed by atoms with E-state index in [-0.39, 0.29) is 36.4 Å². The van der Waals surface area contributed by atoms with Crippen LogP contribution in [0.3, 0.4) is 0 Å². The zero-order valence-corrected chi connectivity index (χ0v) is 19.7. The molecule has 1 aromatic rings. The van der Waals surface area contributed by atoms with Crippen molar-refractivity contribution in [1.82, 2.24) is 20.4 Å². The Kier molecular flexibility index (Phi) is 12.9. The molecule has 1 amide bonds. The second-order valence-corrected chi connectivity index (χ2v) is 6.92. The molecular weight excluding hydrogens is 465 g/mol. The molecule has 0 spiro atoms. The van der Waals surface area contributed by atoms with Crippen molar-refractivity contribution in [2.75, 3.05) is 45.8 Å². The van der Waals surface area contributed by atoms with Crippen molar-refractivity contribution in [3.8, 4) is 0 Å². The zero-order chi connectivity index (χ0) is 19.3. The van der Waals surface area contributed by atoms with Gasteiger partial charge in [-0.05, 0) is 45.3 Å². The second-order valence-electron chi connectivity index (χ2n) is 6.92. The Labute approximate surface area is 187 Å². The summed E-state index contributed by atoms with van der Waals surface area (Å²) in [6.45, 7) is 10.6. The van der Waals surface area contributed by atoms with Gasteiger partial charge in [0, 0.05) is 32.7 Å². The lowest BCUT2D eigenvalue weighted by molar-refractivity contribution is -0.130. The number of rotatable bonds is 9. The minimum atomic E-state index is 0. The number of nitrogens with zero attached hydrogens (tertiary/aromatic N) is 3. The molecule has 158 valence electrons. The van der Waals surface area contributed by atoms with Crippen LogP contribution in [-0.4, -0.2) is 67.5 Å². The lowest BCUT2D eigenvalue weighted by Gasteiger charge is -2.26. The van der Waals surface area contributed by atoms with E-state index in [0.29, 0.717) is 13.1 Å². The molecule has 1 aromatic carbocycles. The SMILES string of the molecule is CCNC(=NCC(=O)N(CC)Cc1ccccc1)NCCN1CCCCC1.I. The molecule has 1 aliphatic heterocycles. The molecule has 7 heteroatoms. The van der Waals surface area contributed by atoms with Crippen molar-refractivity contribution >= 4 is 35.8 Å². The summed E-state index contributed by atoms with van der Waals surface area (Å²) >= 11 is 0. The first-order valence-corrected chi connectivity index (χ1v) is 10.3. The summed E-state index contributed by atoms with van der Waals surface area (Å²) in [5.74, 6) is 0.771. The third-order valence-corrected chi connectivity index (χ3v) is 4.84. The van der Waals surface area contributed by atoms with Crippen molar-refractivity contribution in [3.63, 3.8) is 0 Å². The van der Waals surface area contributed by atoms with Crippen molar-refractivity contribution in [3.05, 3.63) is 35.9 Å². The van der Waals surface area contributed by atoms with Crippen LogP contribution in [0.15, 0.2) is 35.3 Å². The van der Waals surface area contributed by atoms with E-state index < -0.39 is 0 Å². The maximum Gasteiger partial charge on any atom is 0.244 e. The van der Waals surface area contributed by atoms with Crippen LogP contribution in [0.25, 0.3) is 0 Å². The molecule has 0 aliphatic carbocycles. The molecular formula is C21H36IN5O. The molecule has 1 heterocycles. The smallest absolute Gasteiger partial charge is 0.244 e. The molecule has 28 heavy (non-hydrogen) atoms. The van der Waals surface area contributed by atoms with E-state index in [2.05, 4.69) is 20.5 Å². The summed E-state index contributed by atoms with van der Waals surface area (Å²) in [6.07, 6.45) is 3.96. The zero-order valence-electron chi connectivity index (χ0n) is 17.3. The standard InChI is InChI=1S/C21H35N5O.HI/c1-3-22-21(23-13-16-25-14-9-6-10-15-25)24-17-20(27)26(4-2)18-19-11-7-5-8-12-19;/h5,7-8,11-12H,3-4,6,9-10,13-18H2,1-2H3,(H2,22,23,24);1H. The summed E-state index contributed by atoms with van der Waals surface area (Å²) in [6, 6.07) is 10.1. The fourth-order valence-electron chi connectivity index (χ4n) is 3.28. The number of guanidine groups is 1. The van der Waals surface area contributed by atoms with Gasteiger partial charge in [-0.2, -0.15) is 0 Å². The highest BCUT2D eigenvalue weighted by Crippen LogP contribution is 2.07. The van der Waals surface area contributed by atoms with Gasteiger partial charge in [-0.15, -0.1) is 24.0 Å². The Morgan fingerprint density at radius 2 is 1.82 bits per heavy atom. The van der Waals surface area contributed by atoms with Crippen molar-refractivity contribution < 1.29 is 4.79 Å². The van der Waals surface area contributed by atoms with Gasteiger partial charge >= 0.3 is 0 Å². The molecule has 0 bridgehead atoms. The van der Waals surface area contributed by atoms with E-state index in [0.717, 1.165) is 31.2 Å².